The Labute approximate surface area is 169 Å². The van der Waals surface area contributed by atoms with Gasteiger partial charge in [-0.2, -0.15) is 0 Å². The molecule has 2 rings (SSSR count). The van der Waals surface area contributed by atoms with E-state index in [1.807, 2.05) is 20.8 Å². The number of carbonyl (C=O) groups excluding carboxylic acids is 1. The van der Waals surface area contributed by atoms with Crippen LogP contribution in [0.15, 0.2) is 18.2 Å². The molecular formula is C20H32FN3O3S. The second-order valence-electron chi connectivity index (χ2n) is 8.15. The quantitative estimate of drug-likeness (QED) is 0.686. The molecule has 1 unspecified atom stereocenters. The molecule has 1 aromatic rings. The number of methoxy groups -OCH3 is 1. The van der Waals surface area contributed by atoms with Crippen LogP contribution in [0.1, 0.15) is 44.0 Å². The van der Waals surface area contributed by atoms with Gasteiger partial charge in [-0.1, -0.05) is 0 Å². The fourth-order valence-electron chi connectivity index (χ4n) is 3.08. The first-order chi connectivity index (χ1) is 13.2. The van der Waals surface area contributed by atoms with Crippen LogP contribution in [0.2, 0.25) is 0 Å². The molecule has 1 aromatic carbocycles. The highest BCUT2D eigenvalue weighted by Crippen LogP contribution is 2.18. The van der Waals surface area contributed by atoms with Gasteiger partial charge in [0, 0.05) is 31.3 Å². The number of ether oxygens (including phenoxy) is 1. The Bertz CT molecular complexity index is 686. The van der Waals surface area contributed by atoms with Crippen molar-refractivity contribution in [2.45, 2.75) is 38.4 Å². The van der Waals surface area contributed by atoms with Gasteiger partial charge in [-0.15, -0.1) is 0 Å². The zero-order chi connectivity index (χ0) is 20.7. The first-order valence-corrected chi connectivity index (χ1v) is 10.8. The van der Waals surface area contributed by atoms with Crippen LogP contribution in [0, 0.1) is 11.7 Å². The fourth-order valence-corrected chi connectivity index (χ4v) is 3.79. The fraction of sp³-hybridized carbons (Fsp3) is 0.650. The number of rotatable bonds is 8. The molecule has 1 atom stereocenters. The molecule has 0 saturated carbocycles. The standard InChI is InChI=1S/C20H32FN3O3S/c1-20(2,3)28(26)23-7-10-24-8-5-15(6-9-24)14-22-19(25)16-11-17(21)13-18(12-16)27-4/h11-13,15,23H,5-10,14H2,1-4H3,(H,22,25). The lowest BCUT2D eigenvalue weighted by Crippen LogP contribution is -2.42. The van der Waals surface area contributed by atoms with E-state index in [1.54, 1.807) is 0 Å². The van der Waals surface area contributed by atoms with Gasteiger partial charge >= 0.3 is 0 Å². The number of likely N-dealkylation sites (tertiary alicyclic amines) is 1. The molecule has 1 fully saturated rings. The Balaban J connectivity index is 1.69. The molecule has 6 nitrogen and oxygen atoms in total. The maximum atomic E-state index is 13.5. The summed E-state index contributed by atoms with van der Waals surface area (Å²) in [6, 6.07) is 4.00. The number of hydrogen-bond donors (Lipinski definition) is 2. The largest absolute Gasteiger partial charge is 0.497 e. The molecule has 0 aromatic heterocycles. The second kappa shape index (κ2) is 10.3. The average molecular weight is 414 g/mol. The van der Waals surface area contributed by atoms with E-state index < -0.39 is 16.8 Å². The van der Waals surface area contributed by atoms with E-state index in [2.05, 4.69) is 14.9 Å². The van der Waals surface area contributed by atoms with Gasteiger partial charge < -0.3 is 15.0 Å². The summed E-state index contributed by atoms with van der Waals surface area (Å²) in [7, 11) is 0.406. The third kappa shape index (κ3) is 7.14. The van der Waals surface area contributed by atoms with E-state index in [0.717, 1.165) is 32.5 Å². The summed E-state index contributed by atoms with van der Waals surface area (Å²) in [6.45, 7) is 9.92. The molecule has 28 heavy (non-hydrogen) atoms. The number of hydrogen-bond acceptors (Lipinski definition) is 4. The summed E-state index contributed by atoms with van der Waals surface area (Å²) in [5, 5.41) is 2.90. The van der Waals surface area contributed by atoms with E-state index in [9.17, 15) is 13.4 Å². The molecule has 0 bridgehead atoms. The molecule has 1 aliphatic rings. The summed E-state index contributed by atoms with van der Waals surface area (Å²) < 4.78 is 33.4. The topological polar surface area (TPSA) is 70.7 Å². The Hall–Kier alpha value is -1.51. The predicted molar refractivity (Wildman–Crippen MR) is 110 cm³/mol. The monoisotopic (exact) mass is 413 g/mol. The third-order valence-corrected chi connectivity index (χ3v) is 6.42. The van der Waals surface area contributed by atoms with Crippen molar-refractivity contribution in [2.75, 3.05) is 39.8 Å². The molecule has 158 valence electrons. The van der Waals surface area contributed by atoms with Crippen LogP contribution in [0.4, 0.5) is 4.39 Å². The minimum absolute atomic E-state index is 0.253. The highest BCUT2D eigenvalue weighted by molar-refractivity contribution is 7.84. The smallest absolute Gasteiger partial charge is 0.251 e. The number of piperidine rings is 1. The van der Waals surface area contributed by atoms with Crippen molar-refractivity contribution < 1.29 is 18.1 Å². The van der Waals surface area contributed by atoms with Gasteiger partial charge in [0.2, 0.25) is 0 Å². The molecule has 8 heteroatoms. The number of carbonyl (C=O) groups is 1. The van der Waals surface area contributed by atoms with Crippen LogP contribution in [-0.2, 0) is 11.0 Å². The SMILES string of the molecule is COc1cc(F)cc(C(=O)NCC2CCN(CCNS(=O)C(C)(C)C)CC2)c1. The zero-order valence-corrected chi connectivity index (χ0v) is 18.0. The van der Waals surface area contributed by atoms with Crippen LogP contribution in [-0.4, -0.2) is 59.6 Å². The van der Waals surface area contributed by atoms with Gasteiger partial charge in [0.25, 0.3) is 5.91 Å². The minimum Gasteiger partial charge on any atom is -0.497 e. The van der Waals surface area contributed by atoms with Crippen molar-refractivity contribution in [1.82, 2.24) is 14.9 Å². The highest BCUT2D eigenvalue weighted by atomic mass is 32.2. The van der Waals surface area contributed by atoms with Crippen molar-refractivity contribution >= 4 is 16.9 Å². The van der Waals surface area contributed by atoms with Crippen molar-refractivity contribution in [3.63, 3.8) is 0 Å². The van der Waals surface area contributed by atoms with Crippen LogP contribution in [0.5, 0.6) is 5.75 Å². The molecule has 0 spiro atoms. The van der Waals surface area contributed by atoms with E-state index in [4.69, 9.17) is 4.74 Å². The number of amides is 1. The van der Waals surface area contributed by atoms with Gasteiger partial charge in [0.1, 0.15) is 11.6 Å². The van der Waals surface area contributed by atoms with Crippen molar-refractivity contribution in [2.24, 2.45) is 5.92 Å². The van der Waals surface area contributed by atoms with Gasteiger partial charge in [0.15, 0.2) is 0 Å². The predicted octanol–water partition coefficient (Wildman–Crippen LogP) is 2.33. The molecule has 1 aliphatic heterocycles. The Morgan fingerprint density at radius 1 is 1.29 bits per heavy atom. The first kappa shape index (κ1) is 22.8. The maximum Gasteiger partial charge on any atom is 0.251 e. The van der Waals surface area contributed by atoms with Gasteiger partial charge in [-0.05, 0) is 64.8 Å². The lowest BCUT2D eigenvalue weighted by Gasteiger charge is -2.32. The summed E-state index contributed by atoms with van der Waals surface area (Å²) in [4.78, 5) is 14.6. The molecular weight excluding hydrogens is 381 g/mol. The summed E-state index contributed by atoms with van der Waals surface area (Å²) in [5.74, 6) is -0.0281. The Kier molecular flexibility index (Phi) is 8.39. The molecule has 1 amide bonds. The molecule has 2 N–H and O–H groups in total. The highest BCUT2D eigenvalue weighted by Gasteiger charge is 2.22. The Morgan fingerprint density at radius 3 is 2.57 bits per heavy atom. The zero-order valence-electron chi connectivity index (χ0n) is 17.2. The third-order valence-electron chi connectivity index (χ3n) is 4.85. The number of nitrogens with zero attached hydrogens (tertiary/aromatic N) is 1. The van der Waals surface area contributed by atoms with Crippen LogP contribution in [0.3, 0.4) is 0 Å². The van der Waals surface area contributed by atoms with Gasteiger partial charge in [-0.3, -0.25) is 4.79 Å². The van der Waals surface area contributed by atoms with E-state index in [-0.39, 0.29) is 16.2 Å². The minimum atomic E-state index is -1.04. The van der Waals surface area contributed by atoms with Crippen molar-refractivity contribution in [1.29, 1.82) is 0 Å². The van der Waals surface area contributed by atoms with Crippen molar-refractivity contribution in [3.8, 4) is 5.75 Å². The van der Waals surface area contributed by atoms with Gasteiger partial charge in [0.05, 0.1) is 22.8 Å². The lowest BCUT2D eigenvalue weighted by atomic mass is 9.96. The van der Waals surface area contributed by atoms with Crippen LogP contribution in [0.25, 0.3) is 0 Å². The molecule has 0 aliphatic carbocycles. The van der Waals surface area contributed by atoms with Crippen molar-refractivity contribution in [3.05, 3.63) is 29.6 Å². The summed E-state index contributed by atoms with van der Waals surface area (Å²) in [6.07, 6.45) is 1.99. The summed E-state index contributed by atoms with van der Waals surface area (Å²) >= 11 is 0. The van der Waals surface area contributed by atoms with E-state index >= 15 is 0 Å². The molecule has 1 heterocycles. The summed E-state index contributed by atoms with van der Waals surface area (Å²) in [5.41, 5.74) is 0.271. The normalized spacial score (nSPS) is 17.3. The van der Waals surface area contributed by atoms with E-state index in [0.29, 0.717) is 24.8 Å². The second-order valence-corrected chi connectivity index (χ2v) is 10.2. The van der Waals surface area contributed by atoms with E-state index in [1.165, 1.54) is 25.3 Å². The maximum absolute atomic E-state index is 13.5. The van der Waals surface area contributed by atoms with Crippen LogP contribution < -0.4 is 14.8 Å². The number of halogens is 1. The number of nitrogens with one attached hydrogen (secondary N) is 2. The first-order valence-electron chi connectivity index (χ1n) is 9.69. The number of benzene rings is 1. The Morgan fingerprint density at radius 2 is 1.96 bits per heavy atom. The van der Waals surface area contributed by atoms with Gasteiger partial charge in [-0.25, -0.2) is 13.3 Å². The molecule has 0 radical (unpaired) electrons. The van der Waals surface area contributed by atoms with Crippen LogP contribution >= 0.6 is 0 Å². The molecule has 1 saturated heterocycles. The lowest BCUT2D eigenvalue weighted by molar-refractivity contribution is 0.0935. The average Bonchev–Trinajstić information content (AvgIpc) is 2.65.